The first kappa shape index (κ1) is 28.2. The van der Waals surface area contributed by atoms with Gasteiger partial charge in [0.1, 0.15) is 11.3 Å². The maximum atomic E-state index is 13.2. The molecule has 11 heteroatoms. The molecule has 0 radical (unpaired) electrons. The zero-order chi connectivity index (χ0) is 28.1. The predicted molar refractivity (Wildman–Crippen MR) is 147 cm³/mol. The van der Waals surface area contributed by atoms with Crippen LogP contribution in [0.5, 0.6) is 5.75 Å². The van der Waals surface area contributed by atoms with E-state index in [1.807, 2.05) is 24.3 Å². The van der Waals surface area contributed by atoms with E-state index in [9.17, 15) is 18.3 Å². The SMILES string of the molecule is COc1ccc(S(=O)(=O)N(CCO)CCOC2CC(c3coc4ccccc34)C=C(C(=O)NCC3CC3)O2)cc1. The first-order chi connectivity index (χ1) is 19.4. The number of para-hydroxylation sites is 1. The lowest BCUT2D eigenvalue weighted by Crippen LogP contribution is -2.38. The van der Waals surface area contributed by atoms with Crippen LogP contribution in [0.15, 0.2) is 75.9 Å². The van der Waals surface area contributed by atoms with Gasteiger partial charge in [0.15, 0.2) is 5.76 Å². The highest BCUT2D eigenvalue weighted by molar-refractivity contribution is 7.89. The first-order valence-electron chi connectivity index (χ1n) is 13.4. The summed E-state index contributed by atoms with van der Waals surface area (Å²) in [6.07, 6.45) is 5.33. The Bertz CT molecular complexity index is 1450. The molecule has 40 heavy (non-hydrogen) atoms. The number of rotatable bonds is 13. The summed E-state index contributed by atoms with van der Waals surface area (Å²) >= 11 is 0. The number of aliphatic hydroxyl groups is 1. The molecule has 2 atom stereocenters. The van der Waals surface area contributed by atoms with Gasteiger partial charge in [-0.1, -0.05) is 18.2 Å². The van der Waals surface area contributed by atoms with Gasteiger partial charge in [-0.15, -0.1) is 0 Å². The van der Waals surface area contributed by atoms with Crippen LogP contribution < -0.4 is 10.1 Å². The number of carbonyl (C=O) groups excluding carboxylic acids is 1. The van der Waals surface area contributed by atoms with Gasteiger partial charge in [-0.3, -0.25) is 4.79 Å². The second kappa shape index (κ2) is 12.4. The molecule has 3 aromatic rings. The van der Waals surface area contributed by atoms with Crippen molar-refractivity contribution in [3.05, 3.63) is 72.2 Å². The Kier molecular flexibility index (Phi) is 8.75. The van der Waals surface area contributed by atoms with Gasteiger partial charge >= 0.3 is 0 Å². The summed E-state index contributed by atoms with van der Waals surface area (Å²) < 4.78 is 50.4. The number of amides is 1. The lowest BCUT2D eigenvalue weighted by atomic mass is 9.92. The normalized spacial score (nSPS) is 19.3. The quantitative estimate of drug-likeness (QED) is 0.320. The number of nitrogens with one attached hydrogen (secondary N) is 1. The molecule has 1 aliphatic carbocycles. The molecule has 0 spiro atoms. The monoisotopic (exact) mass is 570 g/mol. The summed E-state index contributed by atoms with van der Waals surface area (Å²) in [5.41, 5.74) is 1.67. The van der Waals surface area contributed by atoms with Gasteiger partial charge in [0.25, 0.3) is 5.91 Å². The lowest BCUT2D eigenvalue weighted by molar-refractivity contribution is -0.146. The smallest absolute Gasteiger partial charge is 0.286 e. The molecule has 1 aliphatic heterocycles. The van der Waals surface area contributed by atoms with E-state index in [1.165, 1.54) is 19.2 Å². The first-order valence-corrected chi connectivity index (χ1v) is 14.8. The maximum absolute atomic E-state index is 13.2. The van der Waals surface area contributed by atoms with Gasteiger partial charge in [-0.2, -0.15) is 4.31 Å². The molecule has 1 fully saturated rings. The zero-order valence-electron chi connectivity index (χ0n) is 22.3. The number of furan rings is 1. The Labute approximate surface area is 233 Å². The molecule has 5 rings (SSSR count). The third-order valence-electron chi connectivity index (χ3n) is 7.13. The molecule has 0 bridgehead atoms. The minimum Gasteiger partial charge on any atom is -0.497 e. The van der Waals surface area contributed by atoms with E-state index in [-0.39, 0.29) is 48.8 Å². The number of methoxy groups -OCH3 is 1. The van der Waals surface area contributed by atoms with Crippen LogP contribution in [0, 0.1) is 5.92 Å². The number of carbonyl (C=O) groups is 1. The lowest BCUT2D eigenvalue weighted by Gasteiger charge is -2.30. The van der Waals surface area contributed by atoms with E-state index >= 15 is 0 Å². The van der Waals surface area contributed by atoms with E-state index < -0.39 is 16.3 Å². The van der Waals surface area contributed by atoms with E-state index in [1.54, 1.807) is 24.5 Å². The fourth-order valence-corrected chi connectivity index (χ4v) is 6.13. The van der Waals surface area contributed by atoms with Crippen molar-refractivity contribution in [2.75, 3.05) is 40.0 Å². The highest BCUT2D eigenvalue weighted by atomic mass is 32.2. The third kappa shape index (κ3) is 6.49. The highest BCUT2D eigenvalue weighted by Gasteiger charge is 2.32. The summed E-state index contributed by atoms with van der Waals surface area (Å²) in [5.74, 6) is 0.710. The van der Waals surface area contributed by atoms with Crippen LogP contribution in [-0.4, -0.2) is 70.0 Å². The molecule has 2 heterocycles. The second-order valence-electron chi connectivity index (χ2n) is 9.94. The van der Waals surface area contributed by atoms with Crippen molar-refractivity contribution in [3.63, 3.8) is 0 Å². The Hall–Kier alpha value is -3.38. The van der Waals surface area contributed by atoms with Crippen molar-refractivity contribution in [3.8, 4) is 5.75 Å². The molecular weight excluding hydrogens is 536 g/mol. The molecule has 2 aromatic carbocycles. The van der Waals surface area contributed by atoms with E-state index in [2.05, 4.69) is 5.32 Å². The van der Waals surface area contributed by atoms with Crippen molar-refractivity contribution in [1.82, 2.24) is 9.62 Å². The number of sulfonamides is 1. The predicted octanol–water partition coefficient (Wildman–Crippen LogP) is 3.38. The summed E-state index contributed by atoms with van der Waals surface area (Å²) in [7, 11) is -2.38. The van der Waals surface area contributed by atoms with Crippen molar-refractivity contribution in [1.29, 1.82) is 0 Å². The van der Waals surface area contributed by atoms with E-state index in [4.69, 9.17) is 18.6 Å². The van der Waals surface area contributed by atoms with Gasteiger partial charge in [-0.05, 0) is 55.2 Å². The second-order valence-corrected chi connectivity index (χ2v) is 11.9. The van der Waals surface area contributed by atoms with Crippen LogP contribution in [0.25, 0.3) is 11.0 Å². The molecule has 0 saturated heterocycles. The zero-order valence-corrected chi connectivity index (χ0v) is 23.1. The van der Waals surface area contributed by atoms with Gasteiger partial charge < -0.3 is 29.1 Å². The Balaban J connectivity index is 1.29. The standard InChI is InChI=1S/C29H34N2O8S/c1-36-22-8-10-23(11-9-22)40(34,35)31(12-14-32)13-15-37-28-17-21(25-19-38-26-5-3-2-4-24(25)26)16-27(39-28)29(33)30-18-20-6-7-20/h2-5,8-11,16,19-21,28,32H,6-7,12-15,17-18H2,1H3,(H,30,33). The molecule has 214 valence electrons. The van der Waals surface area contributed by atoms with Crippen LogP contribution in [0.4, 0.5) is 0 Å². The van der Waals surface area contributed by atoms with Gasteiger partial charge in [-0.25, -0.2) is 8.42 Å². The topological polar surface area (TPSA) is 128 Å². The van der Waals surface area contributed by atoms with Gasteiger partial charge in [0.2, 0.25) is 16.3 Å². The Morgan fingerprint density at radius 3 is 2.62 bits per heavy atom. The average Bonchev–Trinajstić information content (AvgIpc) is 3.71. The molecule has 1 aromatic heterocycles. The number of benzene rings is 2. The minimum absolute atomic E-state index is 0.00409. The molecule has 1 amide bonds. The van der Waals surface area contributed by atoms with E-state index in [0.717, 1.165) is 33.7 Å². The summed E-state index contributed by atoms with van der Waals surface area (Å²) in [6, 6.07) is 13.7. The molecular formula is C29H34N2O8S. The van der Waals surface area contributed by atoms with Crippen LogP contribution in [0.1, 0.15) is 30.7 Å². The summed E-state index contributed by atoms with van der Waals surface area (Å²) in [5, 5.41) is 13.4. The van der Waals surface area contributed by atoms with Crippen LogP contribution in [-0.2, 0) is 24.3 Å². The Morgan fingerprint density at radius 1 is 1.12 bits per heavy atom. The number of ether oxygens (including phenoxy) is 3. The number of nitrogens with zero attached hydrogens (tertiary/aromatic N) is 1. The highest BCUT2D eigenvalue weighted by Crippen LogP contribution is 2.36. The van der Waals surface area contributed by atoms with Gasteiger partial charge in [0.05, 0.1) is 31.5 Å². The van der Waals surface area contributed by atoms with E-state index in [0.29, 0.717) is 24.6 Å². The fourth-order valence-electron chi connectivity index (χ4n) is 4.71. The number of hydrogen-bond donors (Lipinski definition) is 2. The molecule has 2 N–H and O–H groups in total. The average molecular weight is 571 g/mol. The molecule has 1 saturated carbocycles. The largest absolute Gasteiger partial charge is 0.497 e. The van der Waals surface area contributed by atoms with Crippen molar-refractivity contribution >= 4 is 26.9 Å². The molecule has 10 nitrogen and oxygen atoms in total. The Morgan fingerprint density at radius 2 is 1.90 bits per heavy atom. The van der Waals surface area contributed by atoms with Crippen LogP contribution in [0.3, 0.4) is 0 Å². The minimum atomic E-state index is -3.89. The van der Waals surface area contributed by atoms with Crippen LogP contribution in [0.2, 0.25) is 0 Å². The summed E-state index contributed by atoms with van der Waals surface area (Å²) in [4.78, 5) is 13.0. The number of allylic oxidation sites excluding steroid dienone is 1. The fraction of sp³-hybridized carbons (Fsp3) is 0.414. The number of aliphatic hydroxyl groups excluding tert-OH is 1. The molecule has 2 unspecified atom stereocenters. The van der Waals surface area contributed by atoms with Crippen molar-refractivity contribution in [2.45, 2.75) is 36.4 Å². The maximum Gasteiger partial charge on any atom is 0.286 e. The van der Waals surface area contributed by atoms with Crippen molar-refractivity contribution in [2.24, 2.45) is 5.92 Å². The summed E-state index contributed by atoms with van der Waals surface area (Å²) in [6.45, 7) is 0.140. The van der Waals surface area contributed by atoms with Crippen LogP contribution >= 0.6 is 0 Å². The van der Waals surface area contributed by atoms with Gasteiger partial charge in [0, 0.05) is 42.9 Å². The number of hydrogen-bond acceptors (Lipinski definition) is 8. The van der Waals surface area contributed by atoms with Crippen molar-refractivity contribution < 1.29 is 36.9 Å². The number of fused-ring (bicyclic) bond motifs is 1. The third-order valence-corrected chi connectivity index (χ3v) is 9.04. The molecule has 2 aliphatic rings.